The molecule has 0 saturated carbocycles. The van der Waals surface area contributed by atoms with Crippen LogP contribution in [0.5, 0.6) is 11.5 Å². The van der Waals surface area contributed by atoms with Gasteiger partial charge in [0.1, 0.15) is 24.7 Å². The van der Waals surface area contributed by atoms with Crippen LogP contribution in [0.3, 0.4) is 0 Å². The number of para-hydroxylation sites is 1. The van der Waals surface area contributed by atoms with Gasteiger partial charge in [0.05, 0.1) is 6.54 Å². The van der Waals surface area contributed by atoms with E-state index in [0.29, 0.717) is 40.9 Å². The highest BCUT2D eigenvalue weighted by Gasteiger charge is 2.23. The predicted molar refractivity (Wildman–Crippen MR) is 213 cm³/mol. The maximum atomic E-state index is 13.7. The van der Waals surface area contributed by atoms with Crippen LogP contribution >= 0.6 is 0 Å². The van der Waals surface area contributed by atoms with E-state index < -0.39 is 18.5 Å². The lowest BCUT2D eigenvalue weighted by molar-refractivity contribution is -0.121. The molecule has 5 amide bonds. The molecular weight excluding hydrogens is 684 g/mol. The molecule has 2 N–H and O–H groups in total. The van der Waals surface area contributed by atoms with Gasteiger partial charge < -0.3 is 39.7 Å². The van der Waals surface area contributed by atoms with E-state index in [1.54, 1.807) is 74.8 Å². The molecular formula is C42H44N6O6. The van der Waals surface area contributed by atoms with Gasteiger partial charge in [-0.05, 0) is 60.2 Å². The van der Waals surface area contributed by atoms with Crippen LogP contribution in [0.25, 0.3) is 0 Å². The Morgan fingerprint density at radius 3 is 1.83 bits per heavy atom. The molecule has 0 aliphatic heterocycles. The summed E-state index contributed by atoms with van der Waals surface area (Å²) in [5.41, 5.74) is 4.10. The summed E-state index contributed by atoms with van der Waals surface area (Å²) in [6, 6.07) is 39.3. The summed E-state index contributed by atoms with van der Waals surface area (Å²) in [5.74, 6) is -0.295. The summed E-state index contributed by atoms with van der Waals surface area (Å²) in [6.45, 7) is -0.629. The van der Waals surface area contributed by atoms with E-state index in [1.807, 2.05) is 91.8 Å². The molecule has 12 heteroatoms. The number of nitrogens with one attached hydrogen (secondary N) is 2. The molecule has 0 aliphatic rings. The molecule has 0 saturated heterocycles. The molecule has 54 heavy (non-hydrogen) atoms. The number of hydrogen-bond donors (Lipinski definition) is 2. The number of urea groups is 1. The number of carbonyl (C=O) groups excluding carboxylic acids is 4. The van der Waals surface area contributed by atoms with Crippen LogP contribution in [0.2, 0.25) is 0 Å². The lowest BCUT2D eigenvalue weighted by atomic mass is 10.2. The molecule has 278 valence electrons. The van der Waals surface area contributed by atoms with Crippen LogP contribution in [0, 0.1) is 0 Å². The van der Waals surface area contributed by atoms with Gasteiger partial charge in [0.15, 0.2) is 6.61 Å². The summed E-state index contributed by atoms with van der Waals surface area (Å²) in [4.78, 5) is 59.3. The number of likely N-dealkylation sites (N-methyl/N-ethyl adjacent to an activating group) is 2. The van der Waals surface area contributed by atoms with Gasteiger partial charge in [0.2, 0.25) is 11.8 Å². The normalized spacial score (nSPS) is 10.4. The molecule has 0 radical (unpaired) electrons. The van der Waals surface area contributed by atoms with Crippen molar-refractivity contribution in [3.63, 3.8) is 0 Å². The van der Waals surface area contributed by atoms with Crippen LogP contribution in [0.15, 0.2) is 133 Å². The molecule has 5 aromatic carbocycles. The highest BCUT2D eigenvalue weighted by atomic mass is 16.5. The molecule has 0 unspecified atom stereocenters. The predicted octanol–water partition coefficient (Wildman–Crippen LogP) is 6.19. The Hall–Kier alpha value is -6.82. The molecule has 0 bridgehead atoms. The number of anilines is 5. The van der Waals surface area contributed by atoms with Crippen LogP contribution in [0.4, 0.5) is 33.2 Å². The van der Waals surface area contributed by atoms with Gasteiger partial charge in [0.25, 0.3) is 5.91 Å². The van der Waals surface area contributed by atoms with E-state index in [4.69, 9.17) is 9.47 Å². The van der Waals surface area contributed by atoms with Gasteiger partial charge in [-0.3, -0.25) is 14.4 Å². The second kappa shape index (κ2) is 18.6. The molecule has 12 nitrogen and oxygen atoms in total. The average molecular weight is 729 g/mol. The van der Waals surface area contributed by atoms with Gasteiger partial charge in [-0.25, -0.2) is 4.79 Å². The number of carbonyl (C=O) groups is 4. The minimum Gasteiger partial charge on any atom is -0.489 e. The second-order valence-corrected chi connectivity index (χ2v) is 12.5. The molecule has 0 heterocycles. The Bertz CT molecular complexity index is 2040. The standard InChI is InChI=1S/C42H44N6O6/c1-45(2)34-19-11-16-32(24-34)44-42(52)43-27-39(49)48(28-40(50)46(3)33-17-9-6-10-18-33)36-21-13-23-38(26-36)54-30-41(51)47(4)35-20-12-22-37(25-35)53-29-31-14-7-5-8-15-31/h5-26H,27-30H2,1-4H3,(H2,43,44,52). The van der Waals surface area contributed by atoms with Crippen molar-refractivity contribution in [2.75, 3.05) is 72.8 Å². The van der Waals surface area contributed by atoms with Gasteiger partial charge >= 0.3 is 6.03 Å². The van der Waals surface area contributed by atoms with Gasteiger partial charge in [-0.2, -0.15) is 0 Å². The minimum absolute atomic E-state index is 0.296. The Labute approximate surface area is 315 Å². The zero-order valence-electron chi connectivity index (χ0n) is 30.8. The zero-order valence-corrected chi connectivity index (χ0v) is 30.8. The van der Waals surface area contributed by atoms with Crippen molar-refractivity contribution in [1.82, 2.24) is 5.32 Å². The summed E-state index contributed by atoms with van der Waals surface area (Å²) < 4.78 is 11.8. The molecule has 5 rings (SSSR count). The highest BCUT2D eigenvalue weighted by Crippen LogP contribution is 2.25. The number of benzene rings is 5. The summed E-state index contributed by atoms with van der Waals surface area (Å²) in [5, 5.41) is 5.34. The number of rotatable bonds is 15. The lowest BCUT2D eigenvalue weighted by Gasteiger charge is -2.26. The number of hydrogen-bond acceptors (Lipinski definition) is 7. The van der Waals surface area contributed by atoms with Crippen molar-refractivity contribution in [3.05, 3.63) is 139 Å². The van der Waals surface area contributed by atoms with Crippen LogP contribution in [-0.2, 0) is 21.0 Å². The first-order valence-electron chi connectivity index (χ1n) is 17.3. The first-order valence-corrected chi connectivity index (χ1v) is 17.3. The Morgan fingerprint density at radius 1 is 0.556 bits per heavy atom. The van der Waals surface area contributed by atoms with Gasteiger partial charge in [-0.15, -0.1) is 0 Å². The largest absolute Gasteiger partial charge is 0.489 e. The van der Waals surface area contributed by atoms with Crippen LogP contribution < -0.4 is 39.7 Å². The average Bonchev–Trinajstić information content (AvgIpc) is 3.20. The smallest absolute Gasteiger partial charge is 0.319 e. The van der Waals surface area contributed by atoms with Crippen molar-refractivity contribution in [2.24, 2.45) is 0 Å². The van der Waals surface area contributed by atoms with Crippen molar-refractivity contribution in [3.8, 4) is 11.5 Å². The summed E-state index contributed by atoms with van der Waals surface area (Å²) in [6.07, 6.45) is 0. The molecule has 0 atom stereocenters. The summed E-state index contributed by atoms with van der Waals surface area (Å²) in [7, 11) is 7.06. The Balaban J connectivity index is 1.25. The van der Waals surface area contributed by atoms with Crippen molar-refractivity contribution < 1.29 is 28.7 Å². The third kappa shape index (κ3) is 10.8. The van der Waals surface area contributed by atoms with E-state index in [0.717, 1.165) is 11.3 Å². The molecule has 0 fully saturated rings. The highest BCUT2D eigenvalue weighted by molar-refractivity contribution is 6.05. The molecule has 0 aromatic heterocycles. The van der Waals surface area contributed by atoms with E-state index in [2.05, 4.69) is 10.6 Å². The summed E-state index contributed by atoms with van der Waals surface area (Å²) >= 11 is 0. The van der Waals surface area contributed by atoms with E-state index in [9.17, 15) is 19.2 Å². The monoisotopic (exact) mass is 728 g/mol. The molecule has 5 aromatic rings. The zero-order chi connectivity index (χ0) is 38.5. The fourth-order valence-corrected chi connectivity index (χ4v) is 5.30. The molecule has 0 spiro atoms. The van der Waals surface area contributed by atoms with E-state index in [-0.39, 0.29) is 25.0 Å². The van der Waals surface area contributed by atoms with E-state index >= 15 is 0 Å². The Morgan fingerprint density at radius 2 is 1.13 bits per heavy atom. The maximum Gasteiger partial charge on any atom is 0.319 e. The van der Waals surface area contributed by atoms with Crippen LogP contribution in [0.1, 0.15) is 5.56 Å². The first kappa shape index (κ1) is 38.4. The lowest BCUT2D eigenvalue weighted by Crippen LogP contribution is -2.46. The topological polar surface area (TPSA) is 124 Å². The van der Waals surface area contributed by atoms with Crippen LogP contribution in [-0.4, -0.2) is 71.6 Å². The van der Waals surface area contributed by atoms with Crippen molar-refractivity contribution in [1.29, 1.82) is 0 Å². The maximum absolute atomic E-state index is 13.7. The minimum atomic E-state index is -0.583. The third-order valence-electron chi connectivity index (χ3n) is 8.45. The SMILES string of the molecule is CN(C)c1cccc(NC(=O)NCC(=O)N(CC(=O)N(C)c2ccccc2)c2cccc(OCC(=O)N(C)c3cccc(OCc4ccccc4)c3)c2)c1. The van der Waals surface area contributed by atoms with Gasteiger partial charge in [0, 0.05) is 68.8 Å². The quantitative estimate of drug-likeness (QED) is 0.132. The van der Waals surface area contributed by atoms with E-state index in [1.165, 1.54) is 14.7 Å². The number of ether oxygens (including phenoxy) is 2. The van der Waals surface area contributed by atoms with Gasteiger partial charge in [-0.1, -0.05) is 66.7 Å². The fraction of sp³-hybridized carbons (Fsp3) is 0.190. The fourth-order valence-electron chi connectivity index (χ4n) is 5.30. The molecule has 0 aliphatic carbocycles. The van der Waals surface area contributed by atoms with Crippen molar-refractivity contribution >= 4 is 52.2 Å². The number of amides is 5. The third-order valence-corrected chi connectivity index (χ3v) is 8.45. The second-order valence-electron chi connectivity index (χ2n) is 12.5. The Kier molecular flexibility index (Phi) is 13.2. The van der Waals surface area contributed by atoms with Crippen molar-refractivity contribution in [2.45, 2.75) is 6.61 Å². The number of nitrogens with zero attached hydrogens (tertiary/aromatic N) is 4. The first-order chi connectivity index (χ1) is 26.1.